The molecule has 18 heavy (non-hydrogen) atoms. The molecular weight excluding hydrogens is 227 g/mol. The average Bonchev–Trinajstić information content (AvgIpc) is 2.58. The molecular formula is C15H19FN2. The number of nitrogens with zero attached hydrogens (tertiary/aromatic N) is 1. The second kappa shape index (κ2) is 4.84. The molecule has 0 aliphatic rings. The van der Waals surface area contributed by atoms with Crippen molar-refractivity contribution in [1.82, 2.24) is 4.57 Å². The SMILES string of the molecule is Cc1ccc(NCc2cc(C)n(C)c2C)cc1F. The number of hydrogen-bond acceptors (Lipinski definition) is 1. The average molecular weight is 246 g/mol. The number of aryl methyl sites for hydroxylation is 2. The zero-order chi connectivity index (χ0) is 13.3. The van der Waals surface area contributed by atoms with Crippen molar-refractivity contribution < 1.29 is 4.39 Å². The molecule has 2 nitrogen and oxygen atoms in total. The van der Waals surface area contributed by atoms with Crippen molar-refractivity contribution in [1.29, 1.82) is 0 Å². The van der Waals surface area contributed by atoms with Crippen molar-refractivity contribution in [2.75, 3.05) is 5.32 Å². The molecule has 1 N–H and O–H groups in total. The van der Waals surface area contributed by atoms with Crippen LogP contribution in [0.25, 0.3) is 0 Å². The number of hydrogen-bond donors (Lipinski definition) is 1. The fraction of sp³-hybridized carbons (Fsp3) is 0.333. The smallest absolute Gasteiger partial charge is 0.128 e. The first kappa shape index (κ1) is 12.7. The fourth-order valence-corrected chi connectivity index (χ4v) is 2.01. The van der Waals surface area contributed by atoms with Crippen LogP contribution in [0.2, 0.25) is 0 Å². The number of nitrogens with one attached hydrogen (secondary N) is 1. The molecule has 1 aromatic heterocycles. The highest BCUT2D eigenvalue weighted by Gasteiger charge is 2.06. The number of anilines is 1. The van der Waals surface area contributed by atoms with Crippen LogP contribution in [0.5, 0.6) is 0 Å². The van der Waals surface area contributed by atoms with Gasteiger partial charge in [0, 0.05) is 30.7 Å². The summed E-state index contributed by atoms with van der Waals surface area (Å²) in [6.45, 7) is 6.67. The molecule has 0 saturated heterocycles. The molecule has 96 valence electrons. The molecule has 0 aliphatic carbocycles. The zero-order valence-corrected chi connectivity index (χ0v) is 11.3. The van der Waals surface area contributed by atoms with Gasteiger partial charge in [-0.2, -0.15) is 0 Å². The van der Waals surface area contributed by atoms with Gasteiger partial charge in [-0.15, -0.1) is 0 Å². The first-order valence-corrected chi connectivity index (χ1v) is 6.11. The Labute approximate surface area is 107 Å². The van der Waals surface area contributed by atoms with Crippen LogP contribution in [-0.4, -0.2) is 4.57 Å². The highest BCUT2D eigenvalue weighted by Crippen LogP contribution is 2.17. The molecule has 0 saturated carbocycles. The van der Waals surface area contributed by atoms with Gasteiger partial charge in [0.1, 0.15) is 5.82 Å². The number of benzene rings is 1. The van der Waals surface area contributed by atoms with Crippen LogP contribution in [-0.2, 0) is 13.6 Å². The largest absolute Gasteiger partial charge is 0.381 e. The van der Waals surface area contributed by atoms with E-state index in [-0.39, 0.29) is 5.82 Å². The van der Waals surface area contributed by atoms with Crippen molar-refractivity contribution in [3.8, 4) is 0 Å². The van der Waals surface area contributed by atoms with E-state index >= 15 is 0 Å². The van der Waals surface area contributed by atoms with Crippen molar-refractivity contribution in [3.05, 3.63) is 52.6 Å². The third-order valence-corrected chi connectivity index (χ3v) is 3.53. The fourth-order valence-electron chi connectivity index (χ4n) is 2.01. The number of rotatable bonds is 3. The molecule has 0 radical (unpaired) electrons. The number of halogens is 1. The Morgan fingerprint density at radius 1 is 1.17 bits per heavy atom. The van der Waals surface area contributed by atoms with Gasteiger partial charge in [-0.25, -0.2) is 4.39 Å². The summed E-state index contributed by atoms with van der Waals surface area (Å²) < 4.78 is 15.6. The Morgan fingerprint density at radius 2 is 1.89 bits per heavy atom. The molecule has 0 amide bonds. The van der Waals surface area contributed by atoms with Gasteiger partial charge in [0.15, 0.2) is 0 Å². The molecule has 0 fully saturated rings. The van der Waals surface area contributed by atoms with E-state index in [4.69, 9.17) is 0 Å². The van der Waals surface area contributed by atoms with Gasteiger partial charge in [-0.3, -0.25) is 0 Å². The van der Waals surface area contributed by atoms with Crippen LogP contribution < -0.4 is 5.32 Å². The summed E-state index contributed by atoms with van der Waals surface area (Å²) in [6.07, 6.45) is 0. The van der Waals surface area contributed by atoms with E-state index in [1.165, 1.54) is 17.0 Å². The van der Waals surface area contributed by atoms with Crippen molar-refractivity contribution in [2.45, 2.75) is 27.3 Å². The quantitative estimate of drug-likeness (QED) is 0.873. The topological polar surface area (TPSA) is 17.0 Å². The van der Waals surface area contributed by atoms with E-state index in [0.717, 1.165) is 12.2 Å². The van der Waals surface area contributed by atoms with E-state index in [9.17, 15) is 4.39 Å². The lowest BCUT2D eigenvalue weighted by atomic mass is 10.2. The Kier molecular flexibility index (Phi) is 3.41. The summed E-state index contributed by atoms with van der Waals surface area (Å²) in [4.78, 5) is 0. The Hall–Kier alpha value is -1.77. The van der Waals surface area contributed by atoms with Gasteiger partial charge in [-0.1, -0.05) is 6.07 Å². The molecule has 2 rings (SSSR count). The normalized spacial score (nSPS) is 10.7. The summed E-state index contributed by atoms with van der Waals surface area (Å²) >= 11 is 0. The monoisotopic (exact) mass is 246 g/mol. The van der Waals surface area contributed by atoms with Crippen LogP contribution in [0, 0.1) is 26.6 Å². The second-order valence-electron chi connectivity index (χ2n) is 4.77. The molecule has 2 aromatic rings. The standard InChI is InChI=1S/C15H19FN2/c1-10-5-6-14(8-15(10)16)17-9-13-7-11(2)18(4)12(13)3/h5-8,17H,9H2,1-4H3. The Morgan fingerprint density at radius 3 is 2.44 bits per heavy atom. The molecule has 0 unspecified atom stereocenters. The maximum atomic E-state index is 13.4. The molecule has 0 spiro atoms. The minimum atomic E-state index is -0.166. The molecule has 1 aromatic carbocycles. The van der Waals surface area contributed by atoms with Gasteiger partial charge in [0.25, 0.3) is 0 Å². The van der Waals surface area contributed by atoms with Gasteiger partial charge in [0.05, 0.1) is 0 Å². The summed E-state index contributed by atoms with van der Waals surface area (Å²) in [6, 6.07) is 7.40. The first-order valence-electron chi connectivity index (χ1n) is 6.11. The minimum Gasteiger partial charge on any atom is -0.381 e. The van der Waals surface area contributed by atoms with Gasteiger partial charge in [-0.05, 0) is 50.1 Å². The Balaban J connectivity index is 2.11. The van der Waals surface area contributed by atoms with Crippen molar-refractivity contribution >= 4 is 5.69 Å². The third kappa shape index (κ3) is 2.40. The maximum Gasteiger partial charge on any atom is 0.128 e. The molecule has 0 atom stereocenters. The van der Waals surface area contributed by atoms with Crippen LogP contribution in [0.15, 0.2) is 24.3 Å². The van der Waals surface area contributed by atoms with E-state index in [0.29, 0.717) is 5.56 Å². The molecule has 0 bridgehead atoms. The summed E-state index contributed by atoms with van der Waals surface area (Å²) in [7, 11) is 2.06. The van der Waals surface area contributed by atoms with Gasteiger partial charge >= 0.3 is 0 Å². The molecule has 1 heterocycles. The van der Waals surface area contributed by atoms with E-state index in [1.807, 2.05) is 6.07 Å². The van der Waals surface area contributed by atoms with Crippen molar-refractivity contribution in [2.24, 2.45) is 7.05 Å². The highest BCUT2D eigenvalue weighted by atomic mass is 19.1. The van der Waals surface area contributed by atoms with Crippen LogP contribution >= 0.6 is 0 Å². The Bertz CT molecular complexity index is 570. The lowest BCUT2D eigenvalue weighted by Crippen LogP contribution is -2.02. The second-order valence-corrected chi connectivity index (χ2v) is 4.77. The van der Waals surface area contributed by atoms with Crippen LogP contribution in [0.3, 0.4) is 0 Å². The zero-order valence-electron chi connectivity index (χ0n) is 11.3. The summed E-state index contributed by atoms with van der Waals surface area (Å²) in [5.41, 5.74) is 5.22. The summed E-state index contributed by atoms with van der Waals surface area (Å²) in [5.74, 6) is -0.166. The van der Waals surface area contributed by atoms with E-state index in [2.05, 4.69) is 36.8 Å². The predicted molar refractivity (Wildman–Crippen MR) is 73.4 cm³/mol. The molecule has 3 heteroatoms. The molecule has 0 aliphatic heterocycles. The van der Waals surface area contributed by atoms with Gasteiger partial charge in [0.2, 0.25) is 0 Å². The first-order chi connectivity index (χ1) is 8.49. The van der Waals surface area contributed by atoms with Crippen LogP contribution in [0.1, 0.15) is 22.5 Å². The van der Waals surface area contributed by atoms with E-state index < -0.39 is 0 Å². The maximum absolute atomic E-state index is 13.4. The van der Waals surface area contributed by atoms with Crippen molar-refractivity contribution in [3.63, 3.8) is 0 Å². The summed E-state index contributed by atoms with van der Waals surface area (Å²) in [5, 5.41) is 3.26. The minimum absolute atomic E-state index is 0.166. The highest BCUT2D eigenvalue weighted by molar-refractivity contribution is 5.46. The predicted octanol–water partition coefficient (Wildman–Crippen LogP) is 3.70. The third-order valence-electron chi connectivity index (χ3n) is 3.53. The van der Waals surface area contributed by atoms with E-state index in [1.54, 1.807) is 19.1 Å². The lowest BCUT2D eigenvalue weighted by Gasteiger charge is -2.08. The lowest BCUT2D eigenvalue weighted by molar-refractivity contribution is 0.619. The van der Waals surface area contributed by atoms with Crippen LogP contribution in [0.4, 0.5) is 10.1 Å². The van der Waals surface area contributed by atoms with Gasteiger partial charge < -0.3 is 9.88 Å². The number of aromatic nitrogens is 1.